The second-order valence-electron chi connectivity index (χ2n) is 5.60. The molecule has 0 radical (unpaired) electrons. The Morgan fingerprint density at radius 1 is 0.889 bits per heavy atom. The Hall–Kier alpha value is -2.71. The Bertz CT molecular complexity index is 1070. The van der Waals surface area contributed by atoms with Crippen molar-refractivity contribution >= 4 is 43.2 Å². The predicted octanol–water partition coefficient (Wildman–Crippen LogP) is 4.64. The van der Waals surface area contributed by atoms with E-state index in [-0.39, 0.29) is 16.5 Å². The summed E-state index contributed by atoms with van der Waals surface area (Å²) in [5.41, 5.74) is 1.17. The second-order valence-corrected chi connectivity index (χ2v) is 8.20. The number of hydrogen-bond donors (Lipinski definition) is 2. The quantitative estimate of drug-likeness (QED) is 0.596. The van der Waals surface area contributed by atoms with Gasteiger partial charge in [-0.2, -0.15) is 0 Å². The van der Waals surface area contributed by atoms with Crippen molar-refractivity contribution < 1.29 is 17.6 Å². The van der Waals surface area contributed by atoms with Gasteiger partial charge in [-0.05, 0) is 66.7 Å². The first kappa shape index (κ1) is 19.1. The molecule has 0 saturated carbocycles. The van der Waals surface area contributed by atoms with Gasteiger partial charge in [-0.3, -0.25) is 9.52 Å². The minimum atomic E-state index is -3.84. The van der Waals surface area contributed by atoms with Crippen molar-refractivity contribution in [2.24, 2.45) is 0 Å². The van der Waals surface area contributed by atoms with Crippen molar-refractivity contribution in [3.63, 3.8) is 0 Å². The van der Waals surface area contributed by atoms with Gasteiger partial charge in [0.25, 0.3) is 15.9 Å². The largest absolute Gasteiger partial charge is 0.322 e. The van der Waals surface area contributed by atoms with Crippen molar-refractivity contribution in [2.45, 2.75) is 4.90 Å². The summed E-state index contributed by atoms with van der Waals surface area (Å²) in [4.78, 5) is 12.3. The van der Waals surface area contributed by atoms with E-state index in [9.17, 15) is 17.6 Å². The number of benzene rings is 3. The molecule has 0 aliphatic rings. The van der Waals surface area contributed by atoms with Crippen LogP contribution < -0.4 is 10.0 Å². The molecule has 8 heteroatoms. The maximum Gasteiger partial charge on any atom is 0.261 e. The van der Waals surface area contributed by atoms with Gasteiger partial charge in [-0.25, -0.2) is 12.8 Å². The second kappa shape index (κ2) is 7.89. The zero-order chi connectivity index (χ0) is 19.4. The van der Waals surface area contributed by atoms with Gasteiger partial charge in [0.1, 0.15) is 5.82 Å². The summed E-state index contributed by atoms with van der Waals surface area (Å²) in [6, 6.07) is 17.6. The monoisotopic (exact) mass is 448 g/mol. The van der Waals surface area contributed by atoms with Crippen molar-refractivity contribution in [3.8, 4) is 0 Å². The zero-order valence-electron chi connectivity index (χ0n) is 13.8. The first-order valence-electron chi connectivity index (χ1n) is 7.79. The van der Waals surface area contributed by atoms with E-state index in [4.69, 9.17) is 0 Å². The molecule has 0 aliphatic heterocycles. The molecule has 0 bridgehead atoms. The molecule has 0 spiro atoms. The summed E-state index contributed by atoms with van der Waals surface area (Å²) in [5, 5.41) is 2.73. The van der Waals surface area contributed by atoms with Gasteiger partial charge < -0.3 is 5.32 Å². The van der Waals surface area contributed by atoms with Crippen LogP contribution in [0.2, 0.25) is 0 Å². The summed E-state index contributed by atoms with van der Waals surface area (Å²) in [5.74, 6) is -0.817. The lowest BCUT2D eigenvalue weighted by Gasteiger charge is -2.09. The SMILES string of the molecule is O=C(Nc1cccc(Br)c1)c1ccc(S(=O)(=O)Nc2ccc(F)cc2)cc1. The average molecular weight is 449 g/mol. The molecule has 0 aromatic heterocycles. The van der Waals surface area contributed by atoms with Crippen LogP contribution in [0.5, 0.6) is 0 Å². The summed E-state index contributed by atoms with van der Waals surface area (Å²) in [6.07, 6.45) is 0. The molecule has 138 valence electrons. The summed E-state index contributed by atoms with van der Waals surface area (Å²) < 4.78 is 40.9. The minimum Gasteiger partial charge on any atom is -0.322 e. The number of hydrogen-bond acceptors (Lipinski definition) is 3. The summed E-state index contributed by atoms with van der Waals surface area (Å²) in [6.45, 7) is 0. The van der Waals surface area contributed by atoms with E-state index in [0.29, 0.717) is 11.3 Å². The molecule has 0 fully saturated rings. The fourth-order valence-corrected chi connectivity index (χ4v) is 3.74. The number of rotatable bonds is 5. The number of sulfonamides is 1. The van der Waals surface area contributed by atoms with E-state index in [2.05, 4.69) is 26.0 Å². The highest BCUT2D eigenvalue weighted by molar-refractivity contribution is 9.10. The molecule has 27 heavy (non-hydrogen) atoms. The van der Waals surface area contributed by atoms with Crippen molar-refractivity contribution in [2.75, 3.05) is 10.0 Å². The Labute approximate surface area is 164 Å². The molecular weight excluding hydrogens is 435 g/mol. The third-order valence-electron chi connectivity index (χ3n) is 3.61. The predicted molar refractivity (Wildman–Crippen MR) is 106 cm³/mol. The highest BCUT2D eigenvalue weighted by atomic mass is 79.9. The molecular formula is C19H14BrFN2O3S. The Kier molecular flexibility index (Phi) is 5.57. The van der Waals surface area contributed by atoms with Crippen molar-refractivity contribution in [3.05, 3.63) is 88.6 Å². The number of nitrogens with one attached hydrogen (secondary N) is 2. The number of carbonyl (C=O) groups excluding carboxylic acids is 1. The van der Waals surface area contributed by atoms with E-state index in [1.807, 2.05) is 6.07 Å². The van der Waals surface area contributed by atoms with Gasteiger partial charge in [-0.1, -0.05) is 22.0 Å². The lowest BCUT2D eigenvalue weighted by Crippen LogP contribution is -2.14. The lowest BCUT2D eigenvalue weighted by molar-refractivity contribution is 0.102. The smallest absolute Gasteiger partial charge is 0.261 e. The average Bonchev–Trinajstić information content (AvgIpc) is 2.63. The molecule has 3 aromatic carbocycles. The number of amides is 1. The maximum atomic E-state index is 12.9. The zero-order valence-corrected chi connectivity index (χ0v) is 16.2. The first-order chi connectivity index (χ1) is 12.8. The van der Waals surface area contributed by atoms with E-state index in [0.717, 1.165) is 16.6 Å². The van der Waals surface area contributed by atoms with E-state index in [1.54, 1.807) is 18.2 Å². The third-order valence-corrected chi connectivity index (χ3v) is 5.50. The number of anilines is 2. The number of halogens is 2. The molecule has 0 aliphatic carbocycles. The summed E-state index contributed by atoms with van der Waals surface area (Å²) >= 11 is 3.32. The van der Waals surface area contributed by atoms with Crippen molar-refractivity contribution in [1.82, 2.24) is 0 Å². The van der Waals surface area contributed by atoms with Crippen LogP contribution in [0.4, 0.5) is 15.8 Å². The molecule has 3 aromatic rings. The first-order valence-corrected chi connectivity index (χ1v) is 10.1. The molecule has 3 rings (SSSR count). The number of carbonyl (C=O) groups is 1. The molecule has 0 heterocycles. The van der Waals surface area contributed by atoms with Gasteiger partial charge in [0, 0.05) is 21.4 Å². The van der Waals surface area contributed by atoms with Crippen LogP contribution in [0, 0.1) is 5.82 Å². The molecule has 0 unspecified atom stereocenters. The van der Waals surface area contributed by atoms with Gasteiger partial charge in [-0.15, -0.1) is 0 Å². The lowest BCUT2D eigenvalue weighted by atomic mass is 10.2. The van der Waals surface area contributed by atoms with Crippen LogP contribution >= 0.6 is 15.9 Å². The van der Waals surface area contributed by atoms with E-state index in [1.165, 1.54) is 36.4 Å². The van der Waals surface area contributed by atoms with Crippen molar-refractivity contribution in [1.29, 1.82) is 0 Å². The molecule has 2 N–H and O–H groups in total. The Morgan fingerprint density at radius 3 is 2.19 bits per heavy atom. The standard InChI is InChI=1S/C19H14BrFN2O3S/c20-14-2-1-3-17(12-14)22-19(24)13-4-10-18(11-5-13)27(25,26)23-16-8-6-15(21)7-9-16/h1-12,23H,(H,22,24). The molecule has 0 saturated heterocycles. The Morgan fingerprint density at radius 2 is 1.56 bits per heavy atom. The van der Waals surface area contributed by atoms with Crippen LogP contribution in [0.1, 0.15) is 10.4 Å². The minimum absolute atomic E-state index is 0.00849. The maximum absolute atomic E-state index is 12.9. The van der Waals surface area contributed by atoms with Crippen LogP contribution in [-0.4, -0.2) is 14.3 Å². The fraction of sp³-hybridized carbons (Fsp3) is 0. The van der Waals surface area contributed by atoms with Crippen LogP contribution in [-0.2, 0) is 10.0 Å². The highest BCUT2D eigenvalue weighted by Crippen LogP contribution is 2.19. The Balaban J connectivity index is 1.73. The van der Waals surface area contributed by atoms with E-state index >= 15 is 0 Å². The van der Waals surface area contributed by atoms with E-state index < -0.39 is 15.8 Å². The van der Waals surface area contributed by atoms with Gasteiger partial charge >= 0.3 is 0 Å². The van der Waals surface area contributed by atoms with Gasteiger partial charge in [0.05, 0.1) is 4.90 Å². The molecule has 5 nitrogen and oxygen atoms in total. The summed E-state index contributed by atoms with van der Waals surface area (Å²) in [7, 11) is -3.84. The third kappa shape index (κ3) is 4.93. The van der Waals surface area contributed by atoms with Crippen LogP contribution in [0.3, 0.4) is 0 Å². The topological polar surface area (TPSA) is 75.3 Å². The van der Waals surface area contributed by atoms with Crippen LogP contribution in [0.25, 0.3) is 0 Å². The van der Waals surface area contributed by atoms with Gasteiger partial charge in [0.15, 0.2) is 0 Å². The molecule has 0 atom stereocenters. The van der Waals surface area contributed by atoms with Crippen LogP contribution in [0.15, 0.2) is 82.2 Å². The normalized spacial score (nSPS) is 11.0. The van der Waals surface area contributed by atoms with Gasteiger partial charge in [0.2, 0.25) is 0 Å². The molecule has 1 amide bonds. The highest BCUT2D eigenvalue weighted by Gasteiger charge is 2.15. The fourth-order valence-electron chi connectivity index (χ4n) is 2.29.